The number of unbranched alkanes of at least 4 members (excludes halogenated alkanes) is 1. The summed E-state index contributed by atoms with van der Waals surface area (Å²) < 4.78 is 5.88. The van der Waals surface area contributed by atoms with Crippen LogP contribution in [0.2, 0.25) is 0 Å². The highest BCUT2D eigenvalue weighted by Gasteiger charge is 2.13. The quantitative estimate of drug-likeness (QED) is 0.756. The second kappa shape index (κ2) is 9.06. The highest BCUT2D eigenvalue weighted by molar-refractivity contribution is 5.44. The van der Waals surface area contributed by atoms with Crippen molar-refractivity contribution < 1.29 is 9.84 Å². The number of nitrogens with zero attached hydrogens (tertiary/aromatic N) is 1. The molecule has 1 aromatic rings. The second-order valence-corrected chi connectivity index (χ2v) is 5.87. The van der Waals surface area contributed by atoms with Crippen LogP contribution in [0.1, 0.15) is 43.4 Å². The van der Waals surface area contributed by atoms with Crippen molar-refractivity contribution in [3.8, 4) is 5.75 Å². The number of aliphatic hydroxyl groups is 1. The van der Waals surface area contributed by atoms with Crippen LogP contribution in [0.25, 0.3) is 0 Å². The Morgan fingerprint density at radius 3 is 2.43 bits per heavy atom. The van der Waals surface area contributed by atoms with Gasteiger partial charge in [0, 0.05) is 6.54 Å². The van der Waals surface area contributed by atoms with E-state index in [0.29, 0.717) is 13.2 Å². The number of hydrogen-bond donors (Lipinski definition) is 1. The molecule has 0 aliphatic rings. The maximum Gasteiger partial charge on any atom is 0.125 e. The molecular weight excluding hydrogens is 262 g/mol. The fourth-order valence-corrected chi connectivity index (χ4v) is 2.44. The van der Waals surface area contributed by atoms with Crippen LogP contribution in [0.4, 0.5) is 0 Å². The Hall–Kier alpha value is -1.06. The molecule has 0 radical (unpaired) electrons. The van der Waals surface area contributed by atoms with E-state index in [9.17, 15) is 5.11 Å². The molecular formula is C18H31NO2. The lowest BCUT2D eigenvalue weighted by Crippen LogP contribution is -2.36. The molecule has 0 aliphatic carbocycles. The van der Waals surface area contributed by atoms with Crippen molar-refractivity contribution in [1.29, 1.82) is 0 Å². The Bertz CT molecular complexity index is 431. The van der Waals surface area contributed by atoms with Gasteiger partial charge < -0.3 is 14.7 Å². The zero-order valence-corrected chi connectivity index (χ0v) is 14.3. The molecule has 0 saturated carbocycles. The van der Waals surface area contributed by atoms with Gasteiger partial charge >= 0.3 is 0 Å². The molecule has 0 saturated heterocycles. The maximum atomic E-state index is 10.2. The van der Waals surface area contributed by atoms with E-state index in [0.717, 1.165) is 24.4 Å². The molecule has 0 bridgehead atoms. The number of benzene rings is 1. The summed E-state index contributed by atoms with van der Waals surface area (Å²) in [5.41, 5.74) is 3.52. The van der Waals surface area contributed by atoms with E-state index in [1.807, 2.05) is 6.92 Å². The van der Waals surface area contributed by atoms with Crippen LogP contribution in [0.5, 0.6) is 5.75 Å². The molecule has 3 nitrogen and oxygen atoms in total. The topological polar surface area (TPSA) is 32.7 Å². The molecule has 120 valence electrons. The first-order chi connectivity index (χ1) is 9.99. The summed E-state index contributed by atoms with van der Waals surface area (Å²) in [6.45, 7) is 13.6. The second-order valence-electron chi connectivity index (χ2n) is 5.87. The minimum Gasteiger partial charge on any atom is -0.490 e. The van der Waals surface area contributed by atoms with Crippen LogP contribution in [0.3, 0.4) is 0 Å². The lowest BCUT2D eigenvalue weighted by atomic mass is 10.1. The Morgan fingerprint density at radius 1 is 1.14 bits per heavy atom. The fourth-order valence-electron chi connectivity index (χ4n) is 2.44. The number of hydrogen-bond acceptors (Lipinski definition) is 3. The molecule has 1 unspecified atom stereocenters. The number of rotatable bonds is 9. The predicted molar refractivity (Wildman–Crippen MR) is 89.2 cm³/mol. The summed E-state index contributed by atoms with van der Waals surface area (Å²) >= 11 is 0. The van der Waals surface area contributed by atoms with Gasteiger partial charge in [-0.15, -0.1) is 0 Å². The van der Waals surface area contributed by atoms with Gasteiger partial charge in [0.2, 0.25) is 0 Å². The van der Waals surface area contributed by atoms with Crippen molar-refractivity contribution in [3.05, 3.63) is 28.8 Å². The predicted octanol–water partition coefficient (Wildman–Crippen LogP) is 3.47. The summed E-state index contributed by atoms with van der Waals surface area (Å²) in [5.74, 6) is 0.922. The third kappa shape index (κ3) is 5.68. The minimum atomic E-state index is -0.443. The largest absolute Gasteiger partial charge is 0.490 e. The van der Waals surface area contributed by atoms with Crippen molar-refractivity contribution in [2.24, 2.45) is 0 Å². The average Bonchev–Trinajstić information content (AvgIpc) is 2.47. The first-order valence-corrected chi connectivity index (χ1v) is 8.09. The van der Waals surface area contributed by atoms with Gasteiger partial charge in [-0.25, -0.2) is 0 Å². The third-order valence-electron chi connectivity index (χ3n) is 4.04. The van der Waals surface area contributed by atoms with Crippen LogP contribution < -0.4 is 4.74 Å². The van der Waals surface area contributed by atoms with Crippen LogP contribution in [-0.2, 0) is 0 Å². The molecule has 21 heavy (non-hydrogen) atoms. The van der Waals surface area contributed by atoms with Crippen LogP contribution in [0.15, 0.2) is 12.1 Å². The van der Waals surface area contributed by atoms with Crippen molar-refractivity contribution in [2.45, 2.75) is 53.6 Å². The molecule has 1 aromatic carbocycles. The van der Waals surface area contributed by atoms with Gasteiger partial charge in [0.1, 0.15) is 18.5 Å². The number of ether oxygens (including phenoxy) is 1. The summed E-state index contributed by atoms with van der Waals surface area (Å²) in [7, 11) is 0. The van der Waals surface area contributed by atoms with Crippen molar-refractivity contribution in [1.82, 2.24) is 4.90 Å². The van der Waals surface area contributed by atoms with Gasteiger partial charge in [0.25, 0.3) is 0 Å². The molecule has 0 aromatic heterocycles. The molecule has 0 aliphatic heterocycles. The van der Waals surface area contributed by atoms with Crippen molar-refractivity contribution >= 4 is 0 Å². The number of likely N-dealkylation sites (N-methyl/N-ethyl adjacent to an activating group) is 1. The van der Waals surface area contributed by atoms with E-state index in [-0.39, 0.29) is 0 Å². The van der Waals surface area contributed by atoms with Crippen LogP contribution in [-0.4, -0.2) is 42.4 Å². The SMILES string of the molecule is CCCCN(CC)CC(O)COc1c(C)ccc(C)c1C. The summed E-state index contributed by atoms with van der Waals surface area (Å²) in [6, 6.07) is 4.18. The summed E-state index contributed by atoms with van der Waals surface area (Å²) in [4.78, 5) is 2.29. The Morgan fingerprint density at radius 2 is 1.81 bits per heavy atom. The van der Waals surface area contributed by atoms with E-state index in [1.54, 1.807) is 0 Å². The van der Waals surface area contributed by atoms with Crippen LogP contribution in [0, 0.1) is 20.8 Å². The van der Waals surface area contributed by atoms with Gasteiger partial charge in [-0.2, -0.15) is 0 Å². The lowest BCUT2D eigenvalue weighted by molar-refractivity contribution is 0.0689. The molecule has 1 N–H and O–H groups in total. The van der Waals surface area contributed by atoms with E-state index in [1.165, 1.54) is 24.0 Å². The van der Waals surface area contributed by atoms with E-state index < -0.39 is 6.10 Å². The molecule has 0 fully saturated rings. The van der Waals surface area contributed by atoms with Gasteiger partial charge in [-0.1, -0.05) is 32.4 Å². The first kappa shape index (κ1) is 18.0. The molecule has 1 rings (SSSR count). The minimum absolute atomic E-state index is 0.355. The van der Waals surface area contributed by atoms with Crippen molar-refractivity contribution in [2.75, 3.05) is 26.2 Å². The van der Waals surface area contributed by atoms with E-state index >= 15 is 0 Å². The zero-order chi connectivity index (χ0) is 15.8. The molecule has 0 amide bonds. The monoisotopic (exact) mass is 293 g/mol. The lowest BCUT2D eigenvalue weighted by Gasteiger charge is -2.24. The molecule has 0 heterocycles. The summed E-state index contributed by atoms with van der Waals surface area (Å²) in [6.07, 6.45) is 1.92. The summed E-state index contributed by atoms with van der Waals surface area (Å²) in [5, 5.41) is 10.2. The molecule has 1 atom stereocenters. The average molecular weight is 293 g/mol. The van der Waals surface area contributed by atoms with E-state index in [2.05, 4.69) is 44.7 Å². The smallest absolute Gasteiger partial charge is 0.125 e. The van der Waals surface area contributed by atoms with Gasteiger partial charge in [0.15, 0.2) is 0 Å². The number of aryl methyl sites for hydroxylation is 2. The molecule has 0 spiro atoms. The maximum absolute atomic E-state index is 10.2. The highest BCUT2D eigenvalue weighted by atomic mass is 16.5. The highest BCUT2D eigenvalue weighted by Crippen LogP contribution is 2.25. The van der Waals surface area contributed by atoms with Crippen molar-refractivity contribution in [3.63, 3.8) is 0 Å². The first-order valence-electron chi connectivity index (χ1n) is 8.09. The zero-order valence-electron chi connectivity index (χ0n) is 14.3. The van der Waals surface area contributed by atoms with Gasteiger partial charge in [-0.3, -0.25) is 0 Å². The van der Waals surface area contributed by atoms with E-state index in [4.69, 9.17) is 4.74 Å². The normalized spacial score (nSPS) is 12.7. The third-order valence-corrected chi connectivity index (χ3v) is 4.04. The Kier molecular flexibility index (Phi) is 7.76. The standard InChI is InChI=1S/C18H31NO2/c1-6-8-11-19(7-2)12-17(20)13-21-18-15(4)10-9-14(3)16(18)5/h9-10,17,20H,6-8,11-13H2,1-5H3. The van der Waals surface area contributed by atoms with Crippen LogP contribution >= 0.6 is 0 Å². The van der Waals surface area contributed by atoms with Gasteiger partial charge in [0.05, 0.1) is 0 Å². The molecule has 3 heteroatoms. The fraction of sp³-hybridized carbons (Fsp3) is 0.667. The number of aliphatic hydroxyl groups excluding tert-OH is 1. The Labute approximate surface area is 129 Å². The van der Waals surface area contributed by atoms with Gasteiger partial charge in [-0.05, 0) is 57.0 Å². The Balaban J connectivity index is 2.53.